The molecule has 1 saturated carbocycles. The van der Waals surface area contributed by atoms with Gasteiger partial charge in [0.25, 0.3) is 5.91 Å². The Bertz CT molecular complexity index is 1070. The third-order valence-electron chi connectivity index (χ3n) is 4.29. The van der Waals surface area contributed by atoms with Crippen LogP contribution in [-0.2, 0) is 16.2 Å². The van der Waals surface area contributed by atoms with Crippen LogP contribution in [0, 0.1) is 11.3 Å². The lowest BCUT2D eigenvalue weighted by Gasteiger charge is -2.08. The number of carbonyl (C=O) groups excluding carboxylic acids is 1. The van der Waals surface area contributed by atoms with Crippen molar-refractivity contribution in [1.82, 2.24) is 4.98 Å². The minimum absolute atomic E-state index is 0.182. The second-order valence-corrected chi connectivity index (χ2v) is 8.92. The lowest BCUT2D eigenvalue weighted by atomic mass is 10.1. The number of thiazole rings is 1. The summed E-state index contributed by atoms with van der Waals surface area (Å²) in [5.74, 6) is -0.382. The van der Waals surface area contributed by atoms with Gasteiger partial charge in [0, 0.05) is 27.3 Å². The van der Waals surface area contributed by atoms with Crippen molar-refractivity contribution in [3.8, 4) is 6.07 Å². The fourth-order valence-electron chi connectivity index (χ4n) is 2.58. The largest absolute Gasteiger partial charge is 0.390 e. The van der Waals surface area contributed by atoms with Crippen molar-refractivity contribution in [2.24, 2.45) is 5.16 Å². The van der Waals surface area contributed by atoms with E-state index in [4.69, 9.17) is 10.1 Å². The highest BCUT2D eigenvalue weighted by Gasteiger charge is 2.23. The highest BCUT2D eigenvalue weighted by molar-refractivity contribution is 8.00. The van der Waals surface area contributed by atoms with Gasteiger partial charge in [0.2, 0.25) is 0 Å². The van der Waals surface area contributed by atoms with E-state index in [0.717, 1.165) is 5.56 Å². The molecule has 150 valence electrons. The molecule has 1 heterocycles. The number of carbonyl (C=O) groups is 1. The molecule has 1 aromatic heterocycles. The van der Waals surface area contributed by atoms with Crippen LogP contribution in [0.15, 0.2) is 70.2 Å². The quantitative estimate of drug-likeness (QED) is 0.405. The van der Waals surface area contributed by atoms with Crippen molar-refractivity contribution in [2.75, 3.05) is 5.32 Å². The normalized spacial score (nSPS) is 13.5. The Kier molecular flexibility index (Phi) is 6.42. The fraction of sp³-hybridized carbons (Fsp3) is 0.182. The zero-order valence-electron chi connectivity index (χ0n) is 15.9. The lowest BCUT2D eigenvalue weighted by molar-refractivity contribution is -0.110. The summed E-state index contributed by atoms with van der Waals surface area (Å²) in [6.07, 6.45) is 4.15. The Hall–Kier alpha value is -3.15. The third kappa shape index (κ3) is 5.47. The lowest BCUT2D eigenvalue weighted by Crippen LogP contribution is -2.24. The van der Waals surface area contributed by atoms with Gasteiger partial charge in [-0.3, -0.25) is 10.1 Å². The number of amides is 1. The van der Waals surface area contributed by atoms with E-state index in [9.17, 15) is 4.79 Å². The summed E-state index contributed by atoms with van der Waals surface area (Å²) in [7, 11) is 0. The van der Waals surface area contributed by atoms with E-state index in [-0.39, 0.29) is 18.2 Å². The second kappa shape index (κ2) is 9.57. The highest BCUT2D eigenvalue weighted by atomic mass is 32.2. The summed E-state index contributed by atoms with van der Waals surface area (Å²) in [5, 5.41) is 18.8. The Balaban J connectivity index is 1.50. The van der Waals surface area contributed by atoms with Gasteiger partial charge in [0.05, 0.1) is 11.6 Å². The molecule has 4 rings (SSSR count). The minimum atomic E-state index is -0.382. The van der Waals surface area contributed by atoms with Gasteiger partial charge in [-0.15, -0.1) is 23.1 Å². The van der Waals surface area contributed by atoms with Gasteiger partial charge in [-0.05, 0) is 42.7 Å². The molecular weight excluding hydrogens is 416 g/mol. The van der Waals surface area contributed by atoms with Crippen molar-refractivity contribution in [2.45, 2.75) is 29.6 Å². The maximum atomic E-state index is 12.8. The maximum Gasteiger partial charge on any atom is 0.280 e. The molecule has 0 atom stereocenters. The predicted octanol–water partition coefficient (Wildman–Crippen LogP) is 4.83. The van der Waals surface area contributed by atoms with Crippen molar-refractivity contribution in [3.05, 3.63) is 76.8 Å². The molecule has 0 radical (unpaired) electrons. The van der Waals surface area contributed by atoms with Gasteiger partial charge in [-0.1, -0.05) is 29.4 Å². The number of nitrogens with zero attached hydrogens (tertiary/aromatic N) is 3. The summed E-state index contributed by atoms with van der Waals surface area (Å²) < 4.78 is 0. The smallest absolute Gasteiger partial charge is 0.280 e. The predicted molar refractivity (Wildman–Crippen MR) is 119 cm³/mol. The highest BCUT2D eigenvalue weighted by Crippen LogP contribution is 2.39. The Morgan fingerprint density at radius 2 is 2.00 bits per heavy atom. The molecule has 2 aromatic carbocycles. The van der Waals surface area contributed by atoms with Crippen molar-refractivity contribution in [1.29, 1.82) is 5.26 Å². The molecule has 6 nitrogen and oxygen atoms in total. The summed E-state index contributed by atoms with van der Waals surface area (Å²) in [4.78, 5) is 23.6. The Morgan fingerprint density at radius 3 is 2.63 bits per heavy atom. The molecule has 0 aliphatic heterocycles. The maximum absolute atomic E-state index is 12.8. The molecule has 8 heteroatoms. The molecule has 3 aromatic rings. The van der Waals surface area contributed by atoms with Crippen LogP contribution in [-0.4, -0.2) is 21.9 Å². The molecule has 0 bridgehead atoms. The standard InChI is InChI=1S/C22H18N4O2S2/c23-13-15-1-3-16(4-2-15)14-28-26-20(21(27)25-22-24-11-12-29-22)17-5-7-18(8-6-17)30-19-9-10-19/h1-8,11-12,19H,9-10,14H2,(H,24,25,27)/b26-20+. The number of nitrogens with one attached hydrogen (secondary N) is 1. The van der Waals surface area contributed by atoms with E-state index in [1.165, 1.54) is 29.1 Å². The van der Waals surface area contributed by atoms with Crippen molar-refractivity contribution < 1.29 is 9.63 Å². The molecule has 1 fully saturated rings. The summed E-state index contributed by atoms with van der Waals surface area (Å²) >= 11 is 3.19. The van der Waals surface area contributed by atoms with E-state index in [1.54, 1.807) is 35.8 Å². The summed E-state index contributed by atoms with van der Waals surface area (Å²) in [6, 6.07) is 16.9. The Morgan fingerprint density at radius 1 is 1.23 bits per heavy atom. The van der Waals surface area contributed by atoms with E-state index >= 15 is 0 Å². The number of anilines is 1. The number of aromatic nitrogens is 1. The van der Waals surface area contributed by atoms with Crippen LogP contribution in [0.4, 0.5) is 5.13 Å². The van der Waals surface area contributed by atoms with Crippen molar-refractivity contribution in [3.63, 3.8) is 0 Å². The van der Waals surface area contributed by atoms with E-state index in [1.807, 2.05) is 36.0 Å². The zero-order chi connectivity index (χ0) is 20.8. The molecule has 30 heavy (non-hydrogen) atoms. The van der Waals surface area contributed by atoms with Crippen LogP contribution in [0.25, 0.3) is 0 Å². The monoisotopic (exact) mass is 434 g/mol. The van der Waals surface area contributed by atoms with Crippen LogP contribution >= 0.6 is 23.1 Å². The topological polar surface area (TPSA) is 87.4 Å². The van der Waals surface area contributed by atoms with Gasteiger partial charge in [-0.25, -0.2) is 4.98 Å². The van der Waals surface area contributed by atoms with Gasteiger partial charge < -0.3 is 4.84 Å². The third-order valence-corrected chi connectivity index (χ3v) is 6.33. The van der Waals surface area contributed by atoms with Gasteiger partial charge in [-0.2, -0.15) is 5.26 Å². The number of oxime groups is 1. The van der Waals surface area contributed by atoms with E-state index < -0.39 is 0 Å². The SMILES string of the molecule is N#Cc1ccc(CO/N=C(/C(=O)Nc2nccs2)c2ccc(SC3CC3)cc2)cc1. The minimum Gasteiger partial charge on any atom is -0.390 e. The number of benzene rings is 2. The molecule has 1 amide bonds. The summed E-state index contributed by atoms with van der Waals surface area (Å²) in [6.45, 7) is 0.190. The van der Waals surface area contributed by atoms with Crippen molar-refractivity contribution >= 4 is 39.8 Å². The van der Waals surface area contributed by atoms with E-state index in [0.29, 0.717) is 21.5 Å². The molecule has 1 N–H and O–H groups in total. The van der Waals surface area contributed by atoms with Crippen LogP contribution in [0.3, 0.4) is 0 Å². The second-order valence-electron chi connectivity index (χ2n) is 6.66. The summed E-state index contributed by atoms with van der Waals surface area (Å²) in [5.41, 5.74) is 2.29. The van der Waals surface area contributed by atoms with Crippen LogP contribution in [0.1, 0.15) is 29.5 Å². The van der Waals surface area contributed by atoms with Gasteiger partial charge >= 0.3 is 0 Å². The average molecular weight is 435 g/mol. The number of hydrogen-bond donors (Lipinski definition) is 1. The van der Waals surface area contributed by atoms with Crippen LogP contribution in [0.2, 0.25) is 0 Å². The first-order valence-electron chi connectivity index (χ1n) is 9.38. The van der Waals surface area contributed by atoms with Crippen LogP contribution < -0.4 is 5.32 Å². The number of hydrogen-bond acceptors (Lipinski definition) is 7. The number of nitriles is 1. The number of thioether (sulfide) groups is 1. The van der Waals surface area contributed by atoms with Gasteiger partial charge in [0.1, 0.15) is 6.61 Å². The molecule has 0 unspecified atom stereocenters. The molecule has 1 aliphatic rings. The van der Waals surface area contributed by atoms with Gasteiger partial charge in [0.15, 0.2) is 10.8 Å². The van der Waals surface area contributed by atoms with Crippen LogP contribution in [0.5, 0.6) is 0 Å². The molecule has 0 saturated heterocycles. The first-order valence-corrected chi connectivity index (χ1v) is 11.1. The first-order chi connectivity index (χ1) is 14.7. The molecular formula is C22H18N4O2S2. The van der Waals surface area contributed by atoms with E-state index in [2.05, 4.69) is 21.5 Å². The Labute approximate surface area is 182 Å². The molecule has 0 spiro atoms. The fourth-order valence-corrected chi connectivity index (χ4v) is 4.16. The average Bonchev–Trinajstić information content (AvgIpc) is 3.44. The number of rotatable bonds is 8. The first kappa shape index (κ1) is 20.1. The molecule has 1 aliphatic carbocycles. The zero-order valence-corrected chi connectivity index (χ0v) is 17.6.